The maximum atomic E-state index is 14.0. The number of nitrogens with one attached hydrogen (secondary N) is 1. The lowest BCUT2D eigenvalue weighted by atomic mass is 9.96. The fourth-order valence-corrected chi connectivity index (χ4v) is 5.87. The molecule has 3 aromatic carbocycles. The number of carbonyl (C=O) groups excluding carboxylic acids is 3. The summed E-state index contributed by atoms with van der Waals surface area (Å²) in [6, 6.07) is 18.3. The van der Waals surface area contributed by atoms with E-state index < -0.39 is 35.8 Å². The predicted octanol–water partition coefficient (Wildman–Crippen LogP) is 5.40. The van der Waals surface area contributed by atoms with Gasteiger partial charge in [0.1, 0.15) is 18.0 Å². The van der Waals surface area contributed by atoms with E-state index in [2.05, 4.69) is 5.32 Å². The number of amides is 4. The first-order valence-electron chi connectivity index (χ1n) is 14.8. The van der Waals surface area contributed by atoms with Crippen LogP contribution in [-0.4, -0.2) is 63.0 Å². The average molecular weight is 626 g/mol. The zero-order valence-electron chi connectivity index (χ0n) is 25.0. The highest BCUT2D eigenvalue weighted by Gasteiger charge is 2.51. The van der Waals surface area contributed by atoms with Gasteiger partial charge in [0.2, 0.25) is 11.8 Å². The number of alkyl halides is 3. The number of benzene rings is 3. The van der Waals surface area contributed by atoms with Crippen molar-refractivity contribution in [3.63, 3.8) is 0 Å². The molecule has 45 heavy (non-hydrogen) atoms. The maximum absolute atomic E-state index is 14.0. The van der Waals surface area contributed by atoms with Gasteiger partial charge in [-0.05, 0) is 53.3 Å². The fraction of sp³-hybridized carbons (Fsp3) is 0.364. The third kappa shape index (κ3) is 7.44. The molecule has 2 aliphatic rings. The topological polar surface area (TPSA) is 76.2 Å². The van der Waals surface area contributed by atoms with Crippen LogP contribution in [0, 0.1) is 11.7 Å². The molecule has 2 heterocycles. The summed E-state index contributed by atoms with van der Waals surface area (Å²) in [5.41, 5.74) is 0.957. The summed E-state index contributed by atoms with van der Waals surface area (Å²) >= 11 is 0. The number of hydrogen-bond acceptors (Lipinski definition) is 4. The van der Waals surface area contributed by atoms with E-state index in [-0.39, 0.29) is 56.0 Å². The van der Waals surface area contributed by atoms with Gasteiger partial charge in [-0.1, -0.05) is 68.4 Å². The molecule has 4 amide bonds. The number of carbonyl (C=O) groups is 3. The van der Waals surface area contributed by atoms with Crippen molar-refractivity contribution in [2.24, 2.45) is 5.92 Å². The van der Waals surface area contributed by atoms with E-state index in [4.69, 9.17) is 0 Å². The average Bonchev–Trinajstić information content (AvgIpc) is 2.99. The molecule has 0 unspecified atom stereocenters. The molecular formula is C33H35F4N5O3. The van der Waals surface area contributed by atoms with Crippen molar-refractivity contribution in [3.8, 4) is 0 Å². The zero-order valence-corrected chi connectivity index (χ0v) is 25.0. The SMILES string of the molecule is CC(C)C[C@@H]1C(=O)N(Cc2cccc(C(F)(F)F)c2)C[C@@H]2N1C(=O)CN(Cc1ccc(F)cc1)N2C(=O)NCc1ccccc1. The first kappa shape index (κ1) is 32.0. The number of rotatable bonds is 8. The van der Waals surface area contributed by atoms with Crippen LogP contribution in [0.25, 0.3) is 0 Å². The minimum absolute atomic E-state index is 0.00138. The van der Waals surface area contributed by atoms with Crippen molar-refractivity contribution in [3.05, 3.63) is 107 Å². The molecule has 0 aliphatic carbocycles. The molecule has 0 saturated carbocycles. The Labute approximate surface area is 259 Å². The summed E-state index contributed by atoms with van der Waals surface area (Å²) in [6.45, 7) is 3.67. The molecule has 238 valence electrons. The Balaban J connectivity index is 1.50. The lowest BCUT2D eigenvalue weighted by Gasteiger charge is -2.55. The van der Waals surface area contributed by atoms with E-state index in [0.717, 1.165) is 17.7 Å². The van der Waals surface area contributed by atoms with E-state index >= 15 is 0 Å². The molecule has 2 saturated heterocycles. The van der Waals surface area contributed by atoms with Gasteiger partial charge in [-0.15, -0.1) is 0 Å². The molecule has 2 atom stereocenters. The minimum Gasteiger partial charge on any atom is -0.333 e. The second-order valence-corrected chi connectivity index (χ2v) is 11.8. The summed E-state index contributed by atoms with van der Waals surface area (Å²) in [5, 5.41) is 5.91. The predicted molar refractivity (Wildman–Crippen MR) is 158 cm³/mol. The van der Waals surface area contributed by atoms with Crippen molar-refractivity contribution in [2.75, 3.05) is 13.1 Å². The highest BCUT2D eigenvalue weighted by molar-refractivity contribution is 5.91. The molecule has 8 nitrogen and oxygen atoms in total. The maximum Gasteiger partial charge on any atom is 0.416 e. The molecule has 2 aliphatic heterocycles. The van der Waals surface area contributed by atoms with Gasteiger partial charge in [0.05, 0.1) is 18.7 Å². The molecular weight excluding hydrogens is 590 g/mol. The first-order chi connectivity index (χ1) is 21.4. The molecule has 5 rings (SSSR count). The summed E-state index contributed by atoms with van der Waals surface area (Å²) in [4.78, 5) is 44.5. The van der Waals surface area contributed by atoms with Crippen molar-refractivity contribution in [2.45, 2.75) is 58.3 Å². The summed E-state index contributed by atoms with van der Waals surface area (Å²) in [7, 11) is 0. The summed E-state index contributed by atoms with van der Waals surface area (Å²) < 4.78 is 54.1. The van der Waals surface area contributed by atoms with E-state index in [0.29, 0.717) is 12.0 Å². The largest absolute Gasteiger partial charge is 0.416 e. The molecule has 12 heteroatoms. The molecule has 2 fully saturated rings. The Bertz CT molecular complexity index is 1520. The van der Waals surface area contributed by atoms with Crippen molar-refractivity contribution >= 4 is 17.8 Å². The number of piperazine rings is 1. The number of hydrazine groups is 1. The fourth-order valence-electron chi connectivity index (χ4n) is 5.87. The molecule has 0 radical (unpaired) electrons. The number of fused-ring (bicyclic) bond motifs is 1. The minimum atomic E-state index is -4.55. The Hall–Kier alpha value is -4.45. The number of hydrogen-bond donors (Lipinski definition) is 1. The van der Waals surface area contributed by atoms with Crippen LogP contribution < -0.4 is 5.32 Å². The van der Waals surface area contributed by atoms with Crippen molar-refractivity contribution < 1.29 is 31.9 Å². The lowest BCUT2D eigenvalue weighted by Crippen LogP contribution is -2.76. The number of urea groups is 1. The van der Waals surface area contributed by atoms with E-state index in [9.17, 15) is 31.9 Å². The van der Waals surface area contributed by atoms with Crippen LogP contribution in [0.3, 0.4) is 0 Å². The van der Waals surface area contributed by atoms with Gasteiger partial charge < -0.3 is 15.1 Å². The van der Waals surface area contributed by atoms with Gasteiger partial charge >= 0.3 is 12.2 Å². The normalized spacial score (nSPS) is 19.2. The Morgan fingerprint density at radius 1 is 0.911 bits per heavy atom. The van der Waals surface area contributed by atoms with Gasteiger partial charge in [-0.2, -0.15) is 13.2 Å². The highest BCUT2D eigenvalue weighted by Crippen LogP contribution is 2.33. The molecule has 0 spiro atoms. The van der Waals surface area contributed by atoms with Gasteiger partial charge in [-0.3, -0.25) is 9.59 Å². The summed E-state index contributed by atoms with van der Waals surface area (Å²) in [6.07, 6.45) is -5.18. The van der Waals surface area contributed by atoms with Crippen LogP contribution in [0.2, 0.25) is 0 Å². The molecule has 0 bridgehead atoms. The number of nitrogens with zero attached hydrogens (tertiary/aromatic N) is 4. The second-order valence-electron chi connectivity index (χ2n) is 11.8. The lowest BCUT2D eigenvalue weighted by molar-refractivity contribution is -0.193. The highest BCUT2D eigenvalue weighted by atomic mass is 19.4. The zero-order chi connectivity index (χ0) is 32.3. The van der Waals surface area contributed by atoms with Gasteiger partial charge in [-0.25, -0.2) is 19.2 Å². The van der Waals surface area contributed by atoms with E-state index in [1.807, 2.05) is 44.2 Å². The van der Waals surface area contributed by atoms with E-state index in [1.165, 1.54) is 39.1 Å². The van der Waals surface area contributed by atoms with Crippen LogP contribution in [0.1, 0.15) is 42.5 Å². The van der Waals surface area contributed by atoms with Crippen LogP contribution in [0.4, 0.5) is 22.4 Å². The van der Waals surface area contributed by atoms with Crippen LogP contribution in [0.15, 0.2) is 78.9 Å². The second kappa shape index (κ2) is 13.3. The third-order valence-corrected chi connectivity index (χ3v) is 7.93. The van der Waals surface area contributed by atoms with Crippen molar-refractivity contribution in [1.82, 2.24) is 25.1 Å². The van der Waals surface area contributed by atoms with Crippen molar-refractivity contribution in [1.29, 1.82) is 0 Å². The first-order valence-corrected chi connectivity index (χ1v) is 14.8. The quantitative estimate of drug-likeness (QED) is 0.341. The summed E-state index contributed by atoms with van der Waals surface area (Å²) in [5.74, 6) is -1.17. The molecule has 1 N–H and O–H groups in total. The Kier molecular flexibility index (Phi) is 9.42. The van der Waals surface area contributed by atoms with Crippen LogP contribution in [-0.2, 0) is 35.4 Å². The molecule has 3 aromatic rings. The smallest absolute Gasteiger partial charge is 0.333 e. The number of halogens is 4. The Morgan fingerprint density at radius 3 is 2.27 bits per heavy atom. The van der Waals surface area contributed by atoms with E-state index in [1.54, 1.807) is 17.1 Å². The van der Waals surface area contributed by atoms with Crippen LogP contribution in [0.5, 0.6) is 0 Å². The van der Waals surface area contributed by atoms with Gasteiger partial charge in [0.25, 0.3) is 0 Å². The Morgan fingerprint density at radius 2 is 1.60 bits per heavy atom. The third-order valence-electron chi connectivity index (χ3n) is 7.93. The standard InChI is InChI=1S/C33H35F4N5O3/c1-22(2)15-28-31(44)39(18-25-9-6-10-26(16-25)33(35,36)37)20-29-41(28)30(43)21-40(19-24-11-13-27(34)14-12-24)42(29)32(45)38-17-23-7-4-3-5-8-23/h3-14,16,22,28-29H,15,17-21H2,1-2H3,(H,38,45)/t28-,29-/m1/s1. The van der Waals surface area contributed by atoms with Gasteiger partial charge in [0.15, 0.2) is 0 Å². The van der Waals surface area contributed by atoms with Gasteiger partial charge in [0, 0.05) is 19.6 Å². The monoisotopic (exact) mass is 625 g/mol. The molecule has 0 aromatic heterocycles. The van der Waals surface area contributed by atoms with Crippen LogP contribution >= 0.6 is 0 Å².